The molecule has 0 spiro atoms. The Morgan fingerprint density at radius 1 is 1.47 bits per heavy atom. The van der Waals surface area contributed by atoms with Crippen LogP contribution in [0.25, 0.3) is 0 Å². The van der Waals surface area contributed by atoms with E-state index in [4.69, 9.17) is 4.74 Å². The first-order valence-corrected chi connectivity index (χ1v) is 5.90. The van der Waals surface area contributed by atoms with Crippen molar-refractivity contribution in [1.82, 2.24) is 10.6 Å². The normalized spacial score (nSPS) is 27.7. The van der Waals surface area contributed by atoms with Gasteiger partial charge in [-0.2, -0.15) is 0 Å². The molecule has 86 valence electrons. The standard InChI is InChI=1S/C11H20N2O2/c1-8(10-3-2-6-15-10)13-11(14)7-12-9-4-5-9/h8-10,12H,2-7H2,1H3,(H,13,14). The van der Waals surface area contributed by atoms with Crippen molar-refractivity contribution in [3.63, 3.8) is 0 Å². The molecule has 0 aromatic heterocycles. The predicted octanol–water partition coefficient (Wildman–Crippen LogP) is 0.422. The molecule has 2 atom stereocenters. The molecule has 0 bridgehead atoms. The third-order valence-electron chi connectivity index (χ3n) is 3.04. The van der Waals surface area contributed by atoms with Crippen LogP contribution in [-0.4, -0.2) is 37.2 Å². The molecular weight excluding hydrogens is 192 g/mol. The molecule has 1 aliphatic carbocycles. The molecule has 1 amide bonds. The number of hydrogen-bond acceptors (Lipinski definition) is 3. The van der Waals surface area contributed by atoms with Crippen LogP contribution in [0, 0.1) is 0 Å². The highest BCUT2D eigenvalue weighted by Crippen LogP contribution is 2.18. The third-order valence-corrected chi connectivity index (χ3v) is 3.04. The van der Waals surface area contributed by atoms with Gasteiger partial charge in [-0.1, -0.05) is 0 Å². The van der Waals surface area contributed by atoms with E-state index in [0.717, 1.165) is 19.4 Å². The van der Waals surface area contributed by atoms with Crippen molar-refractivity contribution in [2.45, 2.75) is 50.8 Å². The van der Waals surface area contributed by atoms with Crippen LogP contribution in [0.4, 0.5) is 0 Å². The Hall–Kier alpha value is -0.610. The van der Waals surface area contributed by atoms with Crippen LogP contribution in [0.2, 0.25) is 0 Å². The maximum Gasteiger partial charge on any atom is 0.234 e. The Kier molecular flexibility index (Phi) is 3.59. The van der Waals surface area contributed by atoms with E-state index in [0.29, 0.717) is 12.6 Å². The average Bonchev–Trinajstić information content (AvgIpc) is 2.87. The maximum atomic E-state index is 11.5. The topological polar surface area (TPSA) is 50.4 Å². The Morgan fingerprint density at radius 3 is 2.87 bits per heavy atom. The zero-order valence-corrected chi connectivity index (χ0v) is 9.29. The molecule has 15 heavy (non-hydrogen) atoms. The highest BCUT2D eigenvalue weighted by Gasteiger charge is 2.25. The van der Waals surface area contributed by atoms with Gasteiger partial charge in [0, 0.05) is 12.6 Å². The predicted molar refractivity (Wildman–Crippen MR) is 57.6 cm³/mol. The molecule has 1 saturated heterocycles. The van der Waals surface area contributed by atoms with Crippen LogP contribution in [0.1, 0.15) is 32.6 Å². The summed E-state index contributed by atoms with van der Waals surface area (Å²) in [4.78, 5) is 11.5. The summed E-state index contributed by atoms with van der Waals surface area (Å²) < 4.78 is 5.52. The highest BCUT2D eigenvalue weighted by atomic mass is 16.5. The molecule has 1 heterocycles. The number of hydrogen-bond donors (Lipinski definition) is 2. The van der Waals surface area contributed by atoms with E-state index in [1.807, 2.05) is 6.92 Å². The molecule has 2 aliphatic rings. The van der Waals surface area contributed by atoms with E-state index in [-0.39, 0.29) is 18.1 Å². The molecule has 2 rings (SSSR count). The summed E-state index contributed by atoms with van der Waals surface area (Å²) >= 11 is 0. The second-order valence-electron chi connectivity index (χ2n) is 4.56. The number of carbonyl (C=O) groups excluding carboxylic acids is 1. The van der Waals surface area contributed by atoms with E-state index in [1.54, 1.807) is 0 Å². The van der Waals surface area contributed by atoms with Crippen molar-refractivity contribution in [2.24, 2.45) is 0 Å². The van der Waals surface area contributed by atoms with Crippen molar-refractivity contribution in [2.75, 3.05) is 13.2 Å². The van der Waals surface area contributed by atoms with Crippen LogP contribution < -0.4 is 10.6 Å². The monoisotopic (exact) mass is 212 g/mol. The van der Waals surface area contributed by atoms with Crippen molar-refractivity contribution in [1.29, 1.82) is 0 Å². The Bertz CT molecular complexity index is 223. The summed E-state index contributed by atoms with van der Waals surface area (Å²) in [6, 6.07) is 0.731. The Morgan fingerprint density at radius 2 is 2.27 bits per heavy atom. The quantitative estimate of drug-likeness (QED) is 0.694. The minimum absolute atomic E-state index is 0.0879. The first-order valence-electron chi connectivity index (χ1n) is 5.90. The van der Waals surface area contributed by atoms with E-state index >= 15 is 0 Å². The lowest BCUT2D eigenvalue weighted by molar-refractivity contribution is -0.121. The molecule has 0 aromatic rings. The van der Waals surface area contributed by atoms with Gasteiger partial charge < -0.3 is 15.4 Å². The highest BCUT2D eigenvalue weighted by molar-refractivity contribution is 5.78. The minimum atomic E-state index is 0.0879. The SMILES string of the molecule is CC(NC(=O)CNC1CC1)C1CCCO1. The zero-order valence-electron chi connectivity index (χ0n) is 9.29. The largest absolute Gasteiger partial charge is 0.376 e. The van der Waals surface area contributed by atoms with Gasteiger partial charge in [0.2, 0.25) is 5.91 Å². The summed E-state index contributed by atoms with van der Waals surface area (Å²) in [5, 5.41) is 6.18. The lowest BCUT2D eigenvalue weighted by Gasteiger charge is -2.20. The number of rotatable bonds is 5. The van der Waals surface area contributed by atoms with Gasteiger partial charge in [0.15, 0.2) is 0 Å². The van der Waals surface area contributed by atoms with Crippen molar-refractivity contribution in [3.8, 4) is 0 Å². The summed E-state index contributed by atoms with van der Waals surface area (Å²) in [7, 11) is 0. The fourth-order valence-electron chi connectivity index (χ4n) is 1.92. The lowest BCUT2D eigenvalue weighted by atomic mass is 10.1. The third kappa shape index (κ3) is 3.47. The van der Waals surface area contributed by atoms with Crippen LogP contribution >= 0.6 is 0 Å². The van der Waals surface area contributed by atoms with Crippen LogP contribution in [-0.2, 0) is 9.53 Å². The Balaban J connectivity index is 1.62. The molecule has 2 fully saturated rings. The molecule has 1 aliphatic heterocycles. The second kappa shape index (κ2) is 4.94. The summed E-state index contributed by atoms with van der Waals surface area (Å²) in [5.74, 6) is 0.0879. The average molecular weight is 212 g/mol. The summed E-state index contributed by atoms with van der Waals surface area (Å²) in [6.45, 7) is 3.30. The molecule has 2 N–H and O–H groups in total. The molecule has 0 radical (unpaired) electrons. The Labute approximate surface area is 90.8 Å². The van der Waals surface area contributed by atoms with Gasteiger partial charge in [0.05, 0.1) is 18.7 Å². The first kappa shape index (κ1) is 10.9. The van der Waals surface area contributed by atoms with Gasteiger partial charge in [0.1, 0.15) is 0 Å². The van der Waals surface area contributed by atoms with Crippen molar-refractivity contribution < 1.29 is 9.53 Å². The van der Waals surface area contributed by atoms with Gasteiger partial charge in [0.25, 0.3) is 0 Å². The molecule has 2 unspecified atom stereocenters. The van der Waals surface area contributed by atoms with Crippen LogP contribution in [0.5, 0.6) is 0 Å². The number of ether oxygens (including phenoxy) is 1. The second-order valence-corrected chi connectivity index (χ2v) is 4.56. The molecule has 1 saturated carbocycles. The smallest absolute Gasteiger partial charge is 0.234 e. The van der Waals surface area contributed by atoms with E-state index in [9.17, 15) is 4.79 Å². The van der Waals surface area contributed by atoms with Crippen LogP contribution in [0.3, 0.4) is 0 Å². The molecular formula is C11H20N2O2. The van der Waals surface area contributed by atoms with Gasteiger partial charge in [-0.15, -0.1) is 0 Å². The van der Waals surface area contributed by atoms with Gasteiger partial charge >= 0.3 is 0 Å². The minimum Gasteiger partial charge on any atom is -0.376 e. The van der Waals surface area contributed by atoms with E-state index < -0.39 is 0 Å². The fourth-order valence-corrected chi connectivity index (χ4v) is 1.92. The van der Waals surface area contributed by atoms with E-state index in [1.165, 1.54) is 12.8 Å². The lowest BCUT2D eigenvalue weighted by Crippen LogP contribution is -2.44. The van der Waals surface area contributed by atoms with Crippen molar-refractivity contribution in [3.05, 3.63) is 0 Å². The van der Waals surface area contributed by atoms with Gasteiger partial charge in [-0.05, 0) is 32.6 Å². The van der Waals surface area contributed by atoms with Crippen LogP contribution in [0.15, 0.2) is 0 Å². The van der Waals surface area contributed by atoms with Gasteiger partial charge in [-0.3, -0.25) is 4.79 Å². The number of nitrogens with one attached hydrogen (secondary N) is 2. The molecule has 4 heteroatoms. The summed E-state index contributed by atoms with van der Waals surface area (Å²) in [5.41, 5.74) is 0. The number of carbonyl (C=O) groups is 1. The van der Waals surface area contributed by atoms with E-state index in [2.05, 4.69) is 10.6 Å². The first-order chi connectivity index (χ1) is 7.25. The summed E-state index contributed by atoms with van der Waals surface area (Å²) in [6.07, 6.45) is 4.83. The zero-order chi connectivity index (χ0) is 10.7. The fraction of sp³-hybridized carbons (Fsp3) is 0.909. The number of amides is 1. The maximum absolute atomic E-state index is 11.5. The van der Waals surface area contributed by atoms with Crippen molar-refractivity contribution >= 4 is 5.91 Å². The molecule has 0 aromatic carbocycles. The molecule has 4 nitrogen and oxygen atoms in total. The van der Waals surface area contributed by atoms with Gasteiger partial charge in [-0.25, -0.2) is 0 Å².